The van der Waals surface area contributed by atoms with Gasteiger partial charge in [-0.1, -0.05) is 13.3 Å². The number of hydrogen-bond acceptors (Lipinski definition) is 3. The van der Waals surface area contributed by atoms with Crippen LogP contribution in [0.5, 0.6) is 0 Å². The summed E-state index contributed by atoms with van der Waals surface area (Å²) in [6.07, 6.45) is -2.93. The molecule has 1 fully saturated rings. The maximum Gasteiger partial charge on any atom is 0.417 e. The maximum absolute atomic E-state index is 12.8. The summed E-state index contributed by atoms with van der Waals surface area (Å²) in [5.74, 6) is -0.0126. The lowest BCUT2D eigenvalue weighted by molar-refractivity contribution is -0.138. The van der Waals surface area contributed by atoms with Crippen molar-refractivity contribution < 1.29 is 18.0 Å². The third-order valence-electron chi connectivity index (χ3n) is 4.56. The van der Waals surface area contributed by atoms with Gasteiger partial charge in [0, 0.05) is 31.4 Å². The highest BCUT2D eigenvalue weighted by Gasteiger charge is 2.35. The van der Waals surface area contributed by atoms with Gasteiger partial charge in [0.15, 0.2) is 0 Å². The molecule has 134 valence electrons. The van der Waals surface area contributed by atoms with Gasteiger partial charge in [0.25, 0.3) is 5.56 Å². The van der Waals surface area contributed by atoms with Crippen molar-refractivity contribution in [1.29, 1.82) is 0 Å². The van der Waals surface area contributed by atoms with E-state index in [1.165, 1.54) is 0 Å². The van der Waals surface area contributed by atoms with Gasteiger partial charge in [0.2, 0.25) is 5.91 Å². The largest absolute Gasteiger partial charge is 0.417 e. The number of carbonyl (C=O) groups is 1. The first kappa shape index (κ1) is 18.5. The highest BCUT2D eigenvalue weighted by molar-refractivity contribution is 5.76. The van der Waals surface area contributed by atoms with Crippen LogP contribution in [0.25, 0.3) is 0 Å². The fourth-order valence-corrected chi connectivity index (χ4v) is 3.11. The van der Waals surface area contributed by atoms with E-state index in [0.29, 0.717) is 25.2 Å². The molecular formula is C16H22F3N3O2. The zero-order valence-electron chi connectivity index (χ0n) is 14.0. The van der Waals surface area contributed by atoms with Gasteiger partial charge in [0.1, 0.15) is 6.54 Å². The Balaban J connectivity index is 2.14. The van der Waals surface area contributed by atoms with E-state index in [0.717, 1.165) is 23.1 Å². The van der Waals surface area contributed by atoms with E-state index in [2.05, 4.69) is 4.90 Å². The maximum atomic E-state index is 12.8. The summed E-state index contributed by atoms with van der Waals surface area (Å²) < 4.78 is 39.1. The topological polar surface area (TPSA) is 45.6 Å². The van der Waals surface area contributed by atoms with E-state index in [9.17, 15) is 22.8 Å². The van der Waals surface area contributed by atoms with Crippen molar-refractivity contribution in [3.63, 3.8) is 0 Å². The molecule has 1 aliphatic heterocycles. The minimum Gasteiger partial charge on any atom is -0.339 e. The second-order valence-electron chi connectivity index (χ2n) is 6.38. The van der Waals surface area contributed by atoms with Crippen LogP contribution in [-0.4, -0.2) is 53.5 Å². The fourth-order valence-electron chi connectivity index (χ4n) is 3.11. The van der Waals surface area contributed by atoms with Gasteiger partial charge in [-0.3, -0.25) is 9.59 Å². The minimum atomic E-state index is -4.55. The SMILES string of the molecule is CC[C@@H]1CN(C(=O)Cn2cc(C(F)(F)F)ccc2=O)C[C@@H]1N(C)C. The smallest absolute Gasteiger partial charge is 0.339 e. The van der Waals surface area contributed by atoms with Crippen LogP contribution >= 0.6 is 0 Å². The molecule has 24 heavy (non-hydrogen) atoms. The molecule has 0 radical (unpaired) electrons. The standard InChI is InChI=1S/C16H22F3N3O2/c1-4-11-7-21(9-13(11)20(2)3)15(24)10-22-8-12(16(17,18)19)5-6-14(22)23/h5-6,8,11,13H,4,7,9-10H2,1-3H3/t11-,13+/m1/s1. The van der Waals surface area contributed by atoms with Crippen molar-refractivity contribution in [2.75, 3.05) is 27.2 Å². The lowest BCUT2D eigenvalue weighted by Crippen LogP contribution is -2.38. The molecule has 1 aromatic rings. The lowest BCUT2D eigenvalue weighted by atomic mass is 10.0. The first-order valence-corrected chi connectivity index (χ1v) is 7.85. The second-order valence-corrected chi connectivity index (χ2v) is 6.38. The molecule has 0 unspecified atom stereocenters. The fraction of sp³-hybridized carbons (Fsp3) is 0.625. The monoisotopic (exact) mass is 345 g/mol. The highest BCUT2D eigenvalue weighted by Crippen LogP contribution is 2.28. The van der Waals surface area contributed by atoms with Crippen molar-refractivity contribution in [3.05, 3.63) is 34.2 Å². The molecule has 0 spiro atoms. The van der Waals surface area contributed by atoms with E-state index < -0.39 is 17.3 Å². The van der Waals surface area contributed by atoms with Crippen LogP contribution in [0.4, 0.5) is 13.2 Å². The molecule has 8 heteroatoms. The van der Waals surface area contributed by atoms with Gasteiger partial charge in [-0.15, -0.1) is 0 Å². The minimum absolute atomic E-state index is 0.220. The third-order valence-corrected chi connectivity index (χ3v) is 4.56. The zero-order valence-corrected chi connectivity index (χ0v) is 14.0. The van der Waals surface area contributed by atoms with Crippen molar-refractivity contribution in [1.82, 2.24) is 14.4 Å². The van der Waals surface area contributed by atoms with Crippen molar-refractivity contribution in [2.24, 2.45) is 5.92 Å². The molecule has 2 heterocycles. The summed E-state index contributed by atoms with van der Waals surface area (Å²) in [5, 5.41) is 0. The number of likely N-dealkylation sites (tertiary alicyclic amines) is 1. The van der Waals surface area contributed by atoms with Gasteiger partial charge in [-0.05, 0) is 26.1 Å². The van der Waals surface area contributed by atoms with E-state index in [4.69, 9.17) is 0 Å². The van der Waals surface area contributed by atoms with Crippen LogP contribution in [0.15, 0.2) is 23.1 Å². The van der Waals surface area contributed by atoms with Gasteiger partial charge >= 0.3 is 6.18 Å². The summed E-state index contributed by atoms with van der Waals surface area (Å²) in [7, 11) is 3.89. The number of likely N-dealkylation sites (N-methyl/N-ethyl adjacent to an activating group) is 1. The Morgan fingerprint density at radius 3 is 2.46 bits per heavy atom. The van der Waals surface area contributed by atoms with Crippen molar-refractivity contribution >= 4 is 5.91 Å². The third kappa shape index (κ3) is 3.98. The number of halogens is 3. The molecule has 2 rings (SSSR count). The second kappa shape index (κ2) is 6.96. The number of hydrogen-bond donors (Lipinski definition) is 0. The normalized spacial score (nSPS) is 21.5. The highest BCUT2D eigenvalue weighted by atomic mass is 19.4. The van der Waals surface area contributed by atoms with E-state index >= 15 is 0 Å². The molecule has 0 aliphatic carbocycles. The molecule has 5 nitrogen and oxygen atoms in total. The van der Waals surface area contributed by atoms with Crippen LogP contribution in [-0.2, 0) is 17.5 Å². The predicted octanol–water partition coefficient (Wildman–Crippen LogP) is 1.67. The molecule has 0 bridgehead atoms. The quantitative estimate of drug-likeness (QED) is 0.834. The van der Waals surface area contributed by atoms with Crippen molar-refractivity contribution in [3.8, 4) is 0 Å². The van der Waals surface area contributed by atoms with Crippen molar-refractivity contribution in [2.45, 2.75) is 32.1 Å². The molecule has 1 saturated heterocycles. The zero-order chi connectivity index (χ0) is 18.1. The summed E-state index contributed by atoms with van der Waals surface area (Å²) >= 11 is 0. The molecule has 1 amide bonds. The van der Waals surface area contributed by atoms with Gasteiger partial charge in [0.05, 0.1) is 5.56 Å². The Morgan fingerprint density at radius 2 is 1.96 bits per heavy atom. The molecule has 1 aromatic heterocycles. The predicted molar refractivity (Wildman–Crippen MR) is 83.5 cm³/mol. The van der Waals surface area contributed by atoms with Crippen LogP contribution in [0, 0.1) is 5.92 Å². The van der Waals surface area contributed by atoms with Crippen LogP contribution < -0.4 is 5.56 Å². The van der Waals surface area contributed by atoms with Gasteiger partial charge < -0.3 is 14.4 Å². The molecule has 1 aliphatic rings. The van der Waals surface area contributed by atoms with Crippen LogP contribution in [0.1, 0.15) is 18.9 Å². The number of carbonyl (C=O) groups excluding carboxylic acids is 1. The van der Waals surface area contributed by atoms with E-state index in [1.807, 2.05) is 21.0 Å². The van der Waals surface area contributed by atoms with E-state index in [1.54, 1.807) is 4.90 Å². The Labute approximate surface area is 138 Å². The number of pyridine rings is 1. The first-order valence-electron chi connectivity index (χ1n) is 7.85. The molecule has 2 atom stereocenters. The van der Waals surface area contributed by atoms with Crippen LogP contribution in [0.2, 0.25) is 0 Å². The summed E-state index contributed by atoms with van der Waals surface area (Å²) in [6.45, 7) is 2.76. The number of amides is 1. The lowest BCUT2D eigenvalue weighted by Gasteiger charge is -2.23. The summed E-state index contributed by atoms with van der Waals surface area (Å²) in [4.78, 5) is 27.9. The molecule has 0 N–H and O–H groups in total. The first-order chi connectivity index (χ1) is 11.1. The molecule has 0 saturated carbocycles. The molecular weight excluding hydrogens is 323 g/mol. The Hall–Kier alpha value is -1.83. The Morgan fingerprint density at radius 1 is 1.29 bits per heavy atom. The average molecular weight is 345 g/mol. The van der Waals surface area contributed by atoms with Crippen LogP contribution in [0.3, 0.4) is 0 Å². The summed E-state index contributed by atoms with van der Waals surface area (Å²) in [5.41, 5.74) is -1.55. The van der Waals surface area contributed by atoms with Gasteiger partial charge in [-0.25, -0.2) is 0 Å². The number of nitrogens with zero attached hydrogens (tertiary/aromatic N) is 3. The number of alkyl halides is 3. The number of rotatable bonds is 4. The Bertz CT molecular complexity index is 655. The van der Waals surface area contributed by atoms with E-state index in [-0.39, 0.29) is 18.5 Å². The molecule has 0 aromatic carbocycles. The van der Waals surface area contributed by atoms with Gasteiger partial charge in [-0.2, -0.15) is 13.2 Å². The summed E-state index contributed by atoms with van der Waals surface area (Å²) in [6, 6.07) is 1.79. The number of aromatic nitrogens is 1. The Kier molecular flexibility index (Phi) is 5.37. The average Bonchev–Trinajstić information content (AvgIpc) is 2.93.